The lowest BCUT2D eigenvalue weighted by atomic mass is 10.1. The number of aryl methyl sites for hydroxylation is 1. The summed E-state index contributed by atoms with van der Waals surface area (Å²) in [5, 5.41) is 14.5. The maximum atomic E-state index is 12.4. The Kier molecular flexibility index (Phi) is 5.18. The lowest BCUT2D eigenvalue weighted by molar-refractivity contribution is -0.0504. The molecule has 1 saturated carbocycles. The second kappa shape index (κ2) is 6.91. The van der Waals surface area contributed by atoms with Crippen LogP contribution in [0.25, 0.3) is 0 Å². The van der Waals surface area contributed by atoms with Crippen molar-refractivity contribution in [3.8, 4) is 5.75 Å². The predicted octanol–water partition coefficient (Wildman–Crippen LogP) is 2.17. The number of amides is 2. The van der Waals surface area contributed by atoms with Gasteiger partial charge < -0.3 is 20.5 Å². The predicted molar refractivity (Wildman–Crippen MR) is 76.8 cm³/mol. The molecule has 0 spiro atoms. The molecule has 1 aliphatic carbocycles. The maximum Gasteiger partial charge on any atom is 0.387 e. The van der Waals surface area contributed by atoms with Crippen LogP contribution >= 0.6 is 0 Å². The third-order valence-electron chi connectivity index (χ3n) is 3.79. The molecule has 0 heterocycles. The monoisotopic (exact) mass is 314 g/mol. The van der Waals surface area contributed by atoms with Gasteiger partial charge in [-0.3, -0.25) is 0 Å². The number of halogens is 2. The van der Waals surface area contributed by atoms with Crippen LogP contribution in [0.3, 0.4) is 0 Å². The van der Waals surface area contributed by atoms with Gasteiger partial charge in [0, 0.05) is 24.1 Å². The van der Waals surface area contributed by atoms with E-state index in [0.29, 0.717) is 12.1 Å². The molecule has 0 saturated heterocycles. The van der Waals surface area contributed by atoms with Crippen LogP contribution < -0.4 is 15.4 Å². The minimum atomic E-state index is -2.91. The van der Waals surface area contributed by atoms with Crippen molar-refractivity contribution in [1.29, 1.82) is 0 Å². The SMILES string of the molecule is Cc1ccc(OC(F)F)c(CNC(=O)NCC2(CO)CC2)c1. The zero-order valence-corrected chi connectivity index (χ0v) is 12.4. The van der Waals surface area contributed by atoms with Gasteiger partial charge in [-0.25, -0.2) is 4.79 Å². The minimum Gasteiger partial charge on any atom is -0.434 e. The van der Waals surface area contributed by atoms with Gasteiger partial charge in [-0.1, -0.05) is 17.7 Å². The van der Waals surface area contributed by atoms with Crippen LogP contribution in [-0.2, 0) is 6.54 Å². The number of alkyl halides is 2. The Morgan fingerprint density at radius 2 is 2.14 bits per heavy atom. The zero-order chi connectivity index (χ0) is 16.2. The molecule has 122 valence electrons. The normalized spacial score (nSPS) is 15.5. The number of aliphatic hydroxyl groups excluding tert-OH is 1. The van der Waals surface area contributed by atoms with E-state index in [1.54, 1.807) is 12.1 Å². The molecule has 0 aromatic heterocycles. The number of carbonyl (C=O) groups excluding carboxylic acids is 1. The Hall–Kier alpha value is -1.89. The van der Waals surface area contributed by atoms with Gasteiger partial charge in [0.05, 0.1) is 6.61 Å². The van der Waals surface area contributed by atoms with Crippen molar-refractivity contribution >= 4 is 6.03 Å². The topological polar surface area (TPSA) is 70.6 Å². The first-order chi connectivity index (χ1) is 10.4. The van der Waals surface area contributed by atoms with Crippen LogP contribution in [0.15, 0.2) is 18.2 Å². The van der Waals surface area contributed by atoms with E-state index in [4.69, 9.17) is 5.11 Å². The van der Waals surface area contributed by atoms with Crippen molar-refractivity contribution in [3.05, 3.63) is 29.3 Å². The smallest absolute Gasteiger partial charge is 0.387 e. The number of benzene rings is 1. The molecule has 1 fully saturated rings. The molecule has 3 N–H and O–H groups in total. The van der Waals surface area contributed by atoms with Gasteiger partial charge in [0.15, 0.2) is 0 Å². The largest absolute Gasteiger partial charge is 0.434 e. The molecule has 5 nitrogen and oxygen atoms in total. The van der Waals surface area contributed by atoms with Crippen LogP contribution in [0.4, 0.5) is 13.6 Å². The molecule has 1 aliphatic rings. The average molecular weight is 314 g/mol. The van der Waals surface area contributed by atoms with Gasteiger partial charge in [-0.15, -0.1) is 0 Å². The number of urea groups is 1. The lowest BCUT2D eigenvalue weighted by Crippen LogP contribution is -2.39. The van der Waals surface area contributed by atoms with Gasteiger partial charge in [0.2, 0.25) is 0 Å². The standard InChI is InChI=1S/C15H20F2N2O3/c1-10-2-3-12(22-13(16)17)11(6-10)7-18-14(21)19-8-15(9-20)4-5-15/h2-3,6,13,20H,4-5,7-9H2,1H3,(H2,18,19,21). The number of hydrogen-bond acceptors (Lipinski definition) is 3. The number of carbonyl (C=O) groups is 1. The van der Waals surface area contributed by atoms with Crippen LogP contribution in [0.5, 0.6) is 5.75 Å². The summed E-state index contributed by atoms with van der Waals surface area (Å²) in [4.78, 5) is 11.7. The molecule has 22 heavy (non-hydrogen) atoms. The van der Waals surface area contributed by atoms with Gasteiger partial charge in [0.1, 0.15) is 5.75 Å². The summed E-state index contributed by atoms with van der Waals surface area (Å²) in [5.41, 5.74) is 1.19. The van der Waals surface area contributed by atoms with Crippen LogP contribution in [0, 0.1) is 12.3 Å². The fourth-order valence-electron chi connectivity index (χ4n) is 2.13. The molecule has 7 heteroatoms. The van der Waals surface area contributed by atoms with E-state index in [2.05, 4.69) is 15.4 Å². The summed E-state index contributed by atoms with van der Waals surface area (Å²) in [6, 6.07) is 4.42. The number of rotatable bonds is 7. The number of nitrogens with one attached hydrogen (secondary N) is 2. The Morgan fingerprint density at radius 1 is 1.41 bits per heavy atom. The highest BCUT2D eigenvalue weighted by Gasteiger charge is 2.42. The summed E-state index contributed by atoms with van der Waals surface area (Å²) >= 11 is 0. The zero-order valence-electron chi connectivity index (χ0n) is 12.4. The van der Waals surface area contributed by atoms with E-state index in [0.717, 1.165) is 18.4 Å². The Morgan fingerprint density at radius 3 is 2.73 bits per heavy atom. The van der Waals surface area contributed by atoms with Crippen molar-refractivity contribution < 1.29 is 23.4 Å². The summed E-state index contributed by atoms with van der Waals surface area (Å²) in [6.07, 6.45) is 1.79. The van der Waals surface area contributed by atoms with E-state index in [1.165, 1.54) is 6.07 Å². The molecule has 0 atom stereocenters. The summed E-state index contributed by atoms with van der Waals surface area (Å²) in [7, 11) is 0. The van der Waals surface area contributed by atoms with Crippen LogP contribution in [0.1, 0.15) is 24.0 Å². The summed E-state index contributed by atoms with van der Waals surface area (Å²) in [5.74, 6) is 0.0509. The molecule has 2 amide bonds. The van der Waals surface area contributed by atoms with Gasteiger partial charge in [0.25, 0.3) is 0 Å². The fraction of sp³-hybridized carbons (Fsp3) is 0.533. The molecular formula is C15H20F2N2O3. The highest BCUT2D eigenvalue weighted by molar-refractivity contribution is 5.74. The van der Waals surface area contributed by atoms with Crippen molar-refractivity contribution in [2.45, 2.75) is 32.9 Å². The lowest BCUT2D eigenvalue weighted by Gasteiger charge is -2.15. The highest BCUT2D eigenvalue weighted by Crippen LogP contribution is 2.44. The molecule has 2 rings (SSSR count). The van der Waals surface area contributed by atoms with Crippen molar-refractivity contribution in [2.75, 3.05) is 13.2 Å². The minimum absolute atomic E-state index is 0.0509. The molecule has 0 aliphatic heterocycles. The molecule has 1 aromatic rings. The van der Waals surface area contributed by atoms with E-state index < -0.39 is 12.6 Å². The quantitative estimate of drug-likeness (QED) is 0.722. The number of hydrogen-bond donors (Lipinski definition) is 3. The third-order valence-corrected chi connectivity index (χ3v) is 3.79. The first kappa shape index (κ1) is 16.5. The van der Waals surface area contributed by atoms with Gasteiger partial charge in [-0.05, 0) is 25.8 Å². The maximum absolute atomic E-state index is 12.4. The first-order valence-corrected chi connectivity index (χ1v) is 7.11. The van der Waals surface area contributed by atoms with Crippen LogP contribution in [0.2, 0.25) is 0 Å². The highest BCUT2D eigenvalue weighted by atomic mass is 19.3. The van der Waals surface area contributed by atoms with Crippen molar-refractivity contribution in [2.24, 2.45) is 5.41 Å². The van der Waals surface area contributed by atoms with E-state index in [1.807, 2.05) is 6.92 Å². The molecular weight excluding hydrogens is 294 g/mol. The Balaban J connectivity index is 1.87. The van der Waals surface area contributed by atoms with E-state index in [9.17, 15) is 13.6 Å². The Labute approximate surface area is 127 Å². The van der Waals surface area contributed by atoms with Crippen LogP contribution in [-0.4, -0.2) is 30.9 Å². The second-order valence-electron chi connectivity index (χ2n) is 5.68. The third kappa shape index (κ3) is 4.56. The van der Waals surface area contributed by atoms with Gasteiger partial charge in [-0.2, -0.15) is 8.78 Å². The Bertz CT molecular complexity index is 534. The molecule has 0 unspecified atom stereocenters. The summed E-state index contributed by atoms with van der Waals surface area (Å²) in [6.45, 7) is -0.536. The van der Waals surface area contributed by atoms with Crippen molar-refractivity contribution in [3.63, 3.8) is 0 Å². The molecule has 1 aromatic carbocycles. The second-order valence-corrected chi connectivity index (χ2v) is 5.68. The van der Waals surface area contributed by atoms with E-state index >= 15 is 0 Å². The number of aliphatic hydroxyl groups is 1. The van der Waals surface area contributed by atoms with Crippen molar-refractivity contribution in [1.82, 2.24) is 10.6 Å². The average Bonchev–Trinajstić information content (AvgIpc) is 3.25. The first-order valence-electron chi connectivity index (χ1n) is 7.11. The fourth-order valence-corrected chi connectivity index (χ4v) is 2.13. The molecule has 0 radical (unpaired) electrons. The van der Waals surface area contributed by atoms with E-state index in [-0.39, 0.29) is 24.3 Å². The van der Waals surface area contributed by atoms with Gasteiger partial charge >= 0.3 is 12.6 Å². The number of ether oxygens (including phenoxy) is 1. The summed E-state index contributed by atoms with van der Waals surface area (Å²) < 4.78 is 29.1. The molecule has 0 bridgehead atoms.